The maximum absolute atomic E-state index is 11.8. The first kappa shape index (κ1) is 15.6. The van der Waals surface area contributed by atoms with Crippen LogP contribution in [0, 0.1) is 13.8 Å². The normalized spacial score (nSPS) is 11.2. The second kappa shape index (κ2) is 6.65. The first-order valence-electron chi connectivity index (χ1n) is 6.26. The lowest BCUT2D eigenvalue weighted by Crippen LogP contribution is -2.40. The van der Waals surface area contributed by atoms with Crippen LogP contribution in [0.25, 0.3) is 0 Å². The molecule has 7 nitrogen and oxygen atoms in total. The SMILES string of the molecule is CCCN=C(N)NC(=O)Nc1c(C)c(O)cc(O)c1C. The minimum Gasteiger partial charge on any atom is -0.507 e. The zero-order valence-corrected chi connectivity index (χ0v) is 11.8. The molecule has 0 aromatic heterocycles. The highest BCUT2D eigenvalue weighted by Crippen LogP contribution is 2.34. The Bertz CT molecular complexity index is 515. The van der Waals surface area contributed by atoms with Crippen molar-refractivity contribution in [3.8, 4) is 11.5 Å². The predicted molar refractivity (Wildman–Crippen MR) is 78.2 cm³/mol. The topological polar surface area (TPSA) is 120 Å². The zero-order chi connectivity index (χ0) is 15.3. The number of rotatable bonds is 3. The van der Waals surface area contributed by atoms with E-state index in [0.717, 1.165) is 6.42 Å². The molecule has 0 aliphatic heterocycles. The summed E-state index contributed by atoms with van der Waals surface area (Å²) in [6.45, 7) is 5.73. The van der Waals surface area contributed by atoms with E-state index in [0.29, 0.717) is 23.4 Å². The third kappa shape index (κ3) is 3.78. The van der Waals surface area contributed by atoms with Crippen molar-refractivity contribution in [2.24, 2.45) is 10.7 Å². The van der Waals surface area contributed by atoms with Gasteiger partial charge < -0.3 is 21.3 Å². The number of anilines is 1. The number of hydrogen-bond donors (Lipinski definition) is 5. The van der Waals surface area contributed by atoms with E-state index < -0.39 is 6.03 Å². The number of hydrogen-bond acceptors (Lipinski definition) is 4. The second-order valence-electron chi connectivity index (χ2n) is 4.39. The second-order valence-corrected chi connectivity index (χ2v) is 4.39. The number of benzene rings is 1. The van der Waals surface area contributed by atoms with Crippen molar-refractivity contribution in [1.29, 1.82) is 0 Å². The molecule has 6 N–H and O–H groups in total. The van der Waals surface area contributed by atoms with Gasteiger partial charge in [0.1, 0.15) is 11.5 Å². The molecule has 7 heteroatoms. The van der Waals surface area contributed by atoms with E-state index >= 15 is 0 Å². The van der Waals surface area contributed by atoms with E-state index in [1.807, 2.05) is 6.92 Å². The van der Waals surface area contributed by atoms with Crippen molar-refractivity contribution in [3.63, 3.8) is 0 Å². The highest BCUT2D eigenvalue weighted by molar-refractivity contribution is 6.02. The summed E-state index contributed by atoms with van der Waals surface area (Å²) in [7, 11) is 0. The highest BCUT2D eigenvalue weighted by atomic mass is 16.3. The van der Waals surface area contributed by atoms with E-state index in [1.54, 1.807) is 13.8 Å². The fraction of sp³-hybridized carbons (Fsp3) is 0.385. The van der Waals surface area contributed by atoms with Crippen molar-refractivity contribution in [3.05, 3.63) is 17.2 Å². The molecule has 0 fully saturated rings. The van der Waals surface area contributed by atoms with Crippen molar-refractivity contribution in [2.75, 3.05) is 11.9 Å². The summed E-state index contributed by atoms with van der Waals surface area (Å²) in [5.41, 5.74) is 6.78. The van der Waals surface area contributed by atoms with Gasteiger partial charge in [0.05, 0.1) is 5.69 Å². The summed E-state index contributed by atoms with van der Waals surface area (Å²) in [5, 5.41) is 24.2. The van der Waals surface area contributed by atoms with Gasteiger partial charge in [0, 0.05) is 23.7 Å². The molecule has 0 aliphatic rings. The average Bonchev–Trinajstić information content (AvgIpc) is 2.39. The van der Waals surface area contributed by atoms with E-state index in [9.17, 15) is 15.0 Å². The molecule has 20 heavy (non-hydrogen) atoms. The Kier molecular flexibility index (Phi) is 5.19. The molecular weight excluding hydrogens is 260 g/mol. The minimum atomic E-state index is -0.585. The number of phenols is 2. The lowest BCUT2D eigenvalue weighted by Gasteiger charge is -2.14. The molecule has 1 aromatic carbocycles. The molecule has 0 radical (unpaired) electrons. The van der Waals surface area contributed by atoms with Crippen LogP contribution in [0.15, 0.2) is 11.1 Å². The smallest absolute Gasteiger partial charge is 0.326 e. The summed E-state index contributed by atoms with van der Waals surface area (Å²) in [6, 6.07) is 0.642. The Hall–Kier alpha value is -2.44. The average molecular weight is 280 g/mol. The molecule has 0 bridgehead atoms. The van der Waals surface area contributed by atoms with Crippen LogP contribution < -0.4 is 16.4 Å². The molecule has 0 heterocycles. The number of nitrogens with two attached hydrogens (primary N) is 1. The first-order valence-corrected chi connectivity index (χ1v) is 6.26. The van der Waals surface area contributed by atoms with Crippen LogP contribution in [0.1, 0.15) is 24.5 Å². The monoisotopic (exact) mass is 280 g/mol. The van der Waals surface area contributed by atoms with Gasteiger partial charge in [-0.15, -0.1) is 0 Å². The lowest BCUT2D eigenvalue weighted by molar-refractivity contribution is 0.256. The molecule has 0 atom stereocenters. The molecule has 1 aromatic rings. The van der Waals surface area contributed by atoms with Crippen molar-refractivity contribution in [1.82, 2.24) is 5.32 Å². The van der Waals surface area contributed by atoms with Crippen LogP contribution in [-0.4, -0.2) is 28.7 Å². The van der Waals surface area contributed by atoms with Gasteiger partial charge in [0.2, 0.25) is 0 Å². The molecule has 0 unspecified atom stereocenters. The van der Waals surface area contributed by atoms with E-state index in [1.165, 1.54) is 6.07 Å². The predicted octanol–water partition coefficient (Wildman–Crippen LogP) is 1.56. The number of aliphatic imine (C=N–C) groups is 1. The molecule has 2 amide bonds. The first-order chi connectivity index (χ1) is 9.36. The van der Waals surface area contributed by atoms with E-state index in [2.05, 4.69) is 15.6 Å². The molecule has 1 rings (SSSR count). The lowest BCUT2D eigenvalue weighted by atomic mass is 10.1. The van der Waals surface area contributed by atoms with Gasteiger partial charge in [0.25, 0.3) is 0 Å². The maximum Gasteiger partial charge on any atom is 0.326 e. The summed E-state index contributed by atoms with van der Waals surface area (Å²) in [4.78, 5) is 15.7. The van der Waals surface area contributed by atoms with Crippen molar-refractivity contribution >= 4 is 17.7 Å². The fourth-order valence-corrected chi connectivity index (χ4v) is 1.60. The quantitative estimate of drug-likeness (QED) is 0.426. The Morgan fingerprint density at radius 3 is 2.35 bits per heavy atom. The fourth-order valence-electron chi connectivity index (χ4n) is 1.60. The van der Waals surface area contributed by atoms with Crippen LogP contribution in [0.5, 0.6) is 11.5 Å². The van der Waals surface area contributed by atoms with E-state index in [-0.39, 0.29) is 17.5 Å². The van der Waals surface area contributed by atoms with Crippen molar-refractivity contribution in [2.45, 2.75) is 27.2 Å². The van der Waals surface area contributed by atoms with Gasteiger partial charge in [-0.1, -0.05) is 6.92 Å². The Balaban J connectivity index is 2.86. The molecule has 0 saturated heterocycles. The molecule has 110 valence electrons. The van der Waals surface area contributed by atoms with Gasteiger partial charge in [-0.2, -0.15) is 0 Å². The summed E-state index contributed by atoms with van der Waals surface area (Å²) in [5.74, 6) is -0.184. The summed E-state index contributed by atoms with van der Waals surface area (Å²) >= 11 is 0. The number of nitrogens with zero attached hydrogens (tertiary/aromatic N) is 1. The van der Waals surface area contributed by atoms with Gasteiger partial charge in [-0.3, -0.25) is 10.3 Å². The Labute approximate surface area is 117 Å². The zero-order valence-electron chi connectivity index (χ0n) is 11.8. The third-order valence-electron chi connectivity index (χ3n) is 2.78. The number of urea groups is 1. The van der Waals surface area contributed by atoms with Gasteiger partial charge in [-0.25, -0.2) is 4.79 Å². The molecule has 0 aliphatic carbocycles. The van der Waals surface area contributed by atoms with Gasteiger partial charge >= 0.3 is 6.03 Å². The number of carbonyl (C=O) groups excluding carboxylic acids is 1. The number of nitrogens with one attached hydrogen (secondary N) is 2. The molecule has 0 saturated carbocycles. The molecular formula is C13H20N4O3. The van der Waals surface area contributed by atoms with Gasteiger partial charge in [0.15, 0.2) is 5.96 Å². The third-order valence-corrected chi connectivity index (χ3v) is 2.78. The minimum absolute atomic E-state index is 0.0176. The largest absolute Gasteiger partial charge is 0.507 e. The van der Waals surface area contributed by atoms with Crippen molar-refractivity contribution < 1.29 is 15.0 Å². The van der Waals surface area contributed by atoms with Gasteiger partial charge in [-0.05, 0) is 20.3 Å². The summed E-state index contributed by atoms with van der Waals surface area (Å²) in [6.07, 6.45) is 0.822. The van der Waals surface area contributed by atoms with Crippen LogP contribution in [0.4, 0.5) is 10.5 Å². The Morgan fingerprint density at radius 1 is 1.30 bits per heavy atom. The van der Waals surface area contributed by atoms with Crippen LogP contribution in [-0.2, 0) is 0 Å². The number of aromatic hydroxyl groups is 2. The number of guanidine groups is 1. The number of carbonyl (C=O) groups is 1. The Morgan fingerprint density at radius 2 is 1.85 bits per heavy atom. The van der Waals surface area contributed by atoms with Crippen LogP contribution in [0.3, 0.4) is 0 Å². The maximum atomic E-state index is 11.8. The number of amides is 2. The standard InChI is InChI=1S/C13H20N4O3/c1-4-5-15-12(14)17-13(20)16-11-7(2)9(18)6-10(19)8(11)3/h6,18-19H,4-5H2,1-3H3,(H4,14,15,16,17,20). The number of phenolic OH excluding ortho intramolecular Hbond substituents is 2. The van der Waals surface area contributed by atoms with Crippen LogP contribution >= 0.6 is 0 Å². The summed E-state index contributed by atoms with van der Waals surface area (Å²) < 4.78 is 0. The van der Waals surface area contributed by atoms with E-state index in [4.69, 9.17) is 5.73 Å². The highest BCUT2D eigenvalue weighted by Gasteiger charge is 2.14. The molecule has 0 spiro atoms. The van der Waals surface area contributed by atoms with Crippen LogP contribution in [0.2, 0.25) is 0 Å².